The molecule has 1 aromatic heterocycles. The number of aromatic nitrogens is 1. The van der Waals surface area contributed by atoms with Crippen molar-refractivity contribution < 1.29 is 0 Å². The van der Waals surface area contributed by atoms with Crippen molar-refractivity contribution in [1.29, 1.82) is 0 Å². The van der Waals surface area contributed by atoms with Crippen LogP contribution in [-0.2, 0) is 13.0 Å². The van der Waals surface area contributed by atoms with Crippen molar-refractivity contribution in [2.24, 2.45) is 0 Å². The highest BCUT2D eigenvalue weighted by atomic mass is 15.2. The zero-order valence-electron chi connectivity index (χ0n) is 12.6. The fourth-order valence-corrected chi connectivity index (χ4v) is 3.13. The maximum atomic E-state index is 3.49. The highest BCUT2D eigenvalue weighted by Crippen LogP contribution is 2.24. The molecule has 0 radical (unpaired) electrons. The van der Waals surface area contributed by atoms with E-state index in [1.165, 1.54) is 35.0 Å². The monoisotopic (exact) mass is 271 g/mol. The number of fused-ring (bicyclic) bond motifs is 1. The topological polar surface area (TPSA) is 31.1 Å². The van der Waals surface area contributed by atoms with E-state index in [4.69, 9.17) is 0 Å². The number of aryl methyl sites for hydroxylation is 1. The Morgan fingerprint density at radius 2 is 2.05 bits per heavy atom. The minimum Gasteiger partial charge on any atom is -0.361 e. The molecule has 20 heavy (non-hydrogen) atoms. The lowest BCUT2D eigenvalue weighted by Crippen LogP contribution is -2.56. The lowest BCUT2D eigenvalue weighted by Gasteiger charge is -2.38. The molecule has 2 aromatic rings. The van der Waals surface area contributed by atoms with Crippen molar-refractivity contribution >= 4 is 10.9 Å². The van der Waals surface area contributed by atoms with Gasteiger partial charge in [-0.15, -0.1) is 0 Å². The molecule has 0 amide bonds. The lowest BCUT2D eigenvalue weighted by atomic mass is 10.1. The Bertz CT molecular complexity index is 569. The summed E-state index contributed by atoms with van der Waals surface area (Å²) in [6.45, 7) is 9.02. The second kappa shape index (κ2) is 5.98. The van der Waals surface area contributed by atoms with Gasteiger partial charge in [0.25, 0.3) is 0 Å². The molecule has 1 aliphatic rings. The van der Waals surface area contributed by atoms with E-state index in [-0.39, 0.29) is 0 Å². The van der Waals surface area contributed by atoms with Gasteiger partial charge in [0.2, 0.25) is 0 Å². The van der Waals surface area contributed by atoms with Gasteiger partial charge >= 0.3 is 0 Å². The van der Waals surface area contributed by atoms with Crippen molar-refractivity contribution in [1.82, 2.24) is 15.2 Å². The van der Waals surface area contributed by atoms with E-state index in [1.807, 2.05) is 0 Å². The van der Waals surface area contributed by atoms with E-state index in [0.717, 1.165) is 26.1 Å². The fourth-order valence-electron chi connectivity index (χ4n) is 3.13. The molecule has 0 atom stereocenters. The summed E-state index contributed by atoms with van der Waals surface area (Å²) in [7, 11) is 0. The highest BCUT2D eigenvalue weighted by molar-refractivity contribution is 5.86. The van der Waals surface area contributed by atoms with Crippen LogP contribution in [0.1, 0.15) is 31.4 Å². The van der Waals surface area contributed by atoms with Crippen LogP contribution in [0.5, 0.6) is 0 Å². The molecule has 2 N–H and O–H groups in total. The van der Waals surface area contributed by atoms with Gasteiger partial charge in [0, 0.05) is 42.8 Å². The zero-order chi connectivity index (χ0) is 13.9. The first-order valence-corrected chi connectivity index (χ1v) is 7.86. The molecule has 0 unspecified atom stereocenters. The normalized spacial score (nSPS) is 15.9. The Kier molecular flexibility index (Phi) is 4.08. The third kappa shape index (κ3) is 2.48. The number of nitrogens with zero attached hydrogens (tertiary/aromatic N) is 1. The van der Waals surface area contributed by atoms with Crippen molar-refractivity contribution in [2.75, 3.05) is 19.6 Å². The molecule has 0 saturated carbocycles. The Balaban J connectivity index is 1.85. The van der Waals surface area contributed by atoms with Crippen LogP contribution in [0.3, 0.4) is 0 Å². The van der Waals surface area contributed by atoms with Gasteiger partial charge in [-0.3, -0.25) is 4.90 Å². The summed E-state index contributed by atoms with van der Waals surface area (Å²) in [6, 6.07) is 7.38. The predicted octanol–water partition coefficient (Wildman–Crippen LogP) is 2.91. The molecule has 0 bridgehead atoms. The quantitative estimate of drug-likeness (QED) is 0.846. The molecule has 3 rings (SSSR count). The number of rotatable bonds is 6. The van der Waals surface area contributed by atoms with E-state index >= 15 is 0 Å². The van der Waals surface area contributed by atoms with Crippen LogP contribution < -0.4 is 5.32 Å². The van der Waals surface area contributed by atoms with Crippen molar-refractivity contribution in [3.63, 3.8) is 0 Å². The second-order valence-electron chi connectivity index (χ2n) is 5.79. The molecule has 1 saturated heterocycles. The number of aromatic amines is 1. The summed E-state index contributed by atoms with van der Waals surface area (Å²) in [5.74, 6) is 0. The lowest BCUT2D eigenvalue weighted by molar-refractivity contribution is 0.138. The molecular formula is C17H25N3. The first-order valence-electron chi connectivity index (χ1n) is 7.86. The van der Waals surface area contributed by atoms with Gasteiger partial charge < -0.3 is 10.3 Å². The molecule has 2 heterocycles. The summed E-state index contributed by atoms with van der Waals surface area (Å²) >= 11 is 0. The first kappa shape index (κ1) is 13.7. The maximum absolute atomic E-state index is 3.49. The van der Waals surface area contributed by atoms with Crippen molar-refractivity contribution in [3.8, 4) is 0 Å². The van der Waals surface area contributed by atoms with E-state index in [9.17, 15) is 0 Å². The molecule has 1 aliphatic heterocycles. The minimum absolute atomic E-state index is 0.717. The second-order valence-corrected chi connectivity index (χ2v) is 5.79. The zero-order valence-corrected chi connectivity index (χ0v) is 12.6. The van der Waals surface area contributed by atoms with Crippen molar-refractivity contribution in [2.45, 2.75) is 39.3 Å². The largest absolute Gasteiger partial charge is 0.361 e. The van der Waals surface area contributed by atoms with Gasteiger partial charge in [-0.2, -0.15) is 0 Å². The standard InChI is InChI=1S/C17H25N3/c1-3-8-20(15-10-18-11-15)12-14-9-19-17-13(4-2)6-5-7-16(14)17/h5-7,9,15,18-19H,3-4,8,10-12H2,1-2H3. The smallest absolute Gasteiger partial charge is 0.0489 e. The molecular weight excluding hydrogens is 246 g/mol. The Morgan fingerprint density at radius 3 is 2.70 bits per heavy atom. The van der Waals surface area contributed by atoms with Crippen LogP contribution in [0.15, 0.2) is 24.4 Å². The molecule has 108 valence electrons. The molecule has 3 heteroatoms. The number of hydrogen-bond acceptors (Lipinski definition) is 2. The van der Waals surface area contributed by atoms with Crippen LogP contribution in [0.25, 0.3) is 10.9 Å². The summed E-state index contributed by atoms with van der Waals surface area (Å²) in [6.07, 6.45) is 4.51. The first-order chi connectivity index (χ1) is 9.83. The van der Waals surface area contributed by atoms with E-state index < -0.39 is 0 Å². The van der Waals surface area contributed by atoms with Gasteiger partial charge in [0.05, 0.1) is 0 Å². The van der Waals surface area contributed by atoms with Gasteiger partial charge in [0.15, 0.2) is 0 Å². The van der Waals surface area contributed by atoms with Crippen LogP contribution >= 0.6 is 0 Å². The van der Waals surface area contributed by atoms with Gasteiger partial charge in [0.1, 0.15) is 0 Å². The summed E-state index contributed by atoms with van der Waals surface area (Å²) in [5.41, 5.74) is 4.19. The molecule has 3 nitrogen and oxygen atoms in total. The Hall–Kier alpha value is -1.32. The van der Waals surface area contributed by atoms with Crippen LogP contribution in [0, 0.1) is 0 Å². The highest BCUT2D eigenvalue weighted by Gasteiger charge is 2.24. The molecule has 0 spiro atoms. The minimum atomic E-state index is 0.717. The van der Waals surface area contributed by atoms with Crippen molar-refractivity contribution in [3.05, 3.63) is 35.5 Å². The summed E-state index contributed by atoms with van der Waals surface area (Å²) in [4.78, 5) is 6.11. The fraction of sp³-hybridized carbons (Fsp3) is 0.529. The average Bonchev–Trinajstić information content (AvgIpc) is 2.80. The average molecular weight is 271 g/mol. The predicted molar refractivity (Wildman–Crippen MR) is 85.0 cm³/mol. The van der Waals surface area contributed by atoms with Crippen LogP contribution in [0.4, 0.5) is 0 Å². The Morgan fingerprint density at radius 1 is 1.20 bits per heavy atom. The summed E-state index contributed by atoms with van der Waals surface area (Å²) < 4.78 is 0. The number of para-hydroxylation sites is 1. The number of H-pyrrole nitrogens is 1. The van der Waals surface area contributed by atoms with Crippen LogP contribution in [0.2, 0.25) is 0 Å². The van der Waals surface area contributed by atoms with Gasteiger partial charge in [-0.25, -0.2) is 0 Å². The van der Waals surface area contributed by atoms with Crippen LogP contribution in [-0.4, -0.2) is 35.6 Å². The molecule has 0 aliphatic carbocycles. The summed E-state index contributed by atoms with van der Waals surface area (Å²) in [5, 5.41) is 4.79. The number of nitrogens with one attached hydrogen (secondary N) is 2. The van der Waals surface area contributed by atoms with Gasteiger partial charge in [-0.1, -0.05) is 32.0 Å². The number of hydrogen-bond donors (Lipinski definition) is 2. The third-order valence-electron chi connectivity index (χ3n) is 4.43. The van der Waals surface area contributed by atoms with E-state index in [2.05, 4.69) is 53.4 Å². The molecule has 1 fully saturated rings. The Labute approximate surface area is 121 Å². The molecule has 1 aromatic carbocycles. The van der Waals surface area contributed by atoms with E-state index in [0.29, 0.717) is 6.04 Å². The van der Waals surface area contributed by atoms with Gasteiger partial charge in [-0.05, 0) is 30.5 Å². The third-order valence-corrected chi connectivity index (χ3v) is 4.43. The SMILES string of the molecule is CCCN(Cc1c[nH]c2c(CC)cccc12)C1CNC1. The van der Waals surface area contributed by atoms with E-state index in [1.54, 1.807) is 0 Å². The number of benzene rings is 1. The maximum Gasteiger partial charge on any atom is 0.0489 e.